The third-order valence-corrected chi connectivity index (χ3v) is 4.02. The molecule has 2 heterocycles. The summed E-state index contributed by atoms with van der Waals surface area (Å²) in [5.74, 6) is 2.14. The van der Waals surface area contributed by atoms with Crippen molar-refractivity contribution in [3.8, 4) is 17.5 Å². The fourth-order valence-corrected chi connectivity index (χ4v) is 2.67. The maximum absolute atomic E-state index is 12.6. The van der Waals surface area contributed by atoms with Gasteiger partial charge in [0.05, 0.1) is 11.2 Å². The molecule has 29 heavy (non-hydrogen) atoms. The lowest BCUT2D eigenvalue weighted by Crippen LogP contribution is -2.32. The molecule has 0 bridgehead atoms. The minimum atomic E-state index is -5.22. The number of halogens is 4. The number of rotatable bonds is 2. The van der Waals surface area contributed by atoms with Crippen LogP contribution in [0.15, 0.2) is 29.2 Å². The standard InChI is InChI=1S/C17H11ClF3N5O3/c1-25-8-9-7-10(4-5-11(9)23-25)26-15(28)13(18)14(12(24-26)3-2-6-27)22-16(29)17(19,20)21/h4-5,7-8,27H,6H2,1H3,(H,22,29). The number of benzene rings is 1. The zero-order valence-electron chi connectivity index (χ0n) is 14.6. The first-order valence-corrected chi connectivity index (χ1v) is 8.24. The van der Waals surface area contributed by atoms with Crippen molar-refractivity contribution in [3.05, 3.63) is 45.5 Å². The summed E-state index contributed by atoms with van der Waals surface area (Å²) in [7, 11) is 1.71. The van der Waals surface area contributed by atoms with Crippen LogP contribution in [0.5, 0.6) is 0 Å². The van der Waals surface area contributed by atoms with E-state index in [9.17, 15) is 22.8 Å². The molecule has 0 saturated carbocycles. The predicted octanol–water partition coefficient (Wildman–Crippen LogP) is 1.62. The van der Waals surface area contributed by atoms with E-state index in [-0.39, 0.29) is 5.69 Å². The number of aryl methyl sites for hydroxylation is 1. The Morgan fingerprint density at radius 3 is 2.72 bits per heavy atom. The first-order chi connectivity index (χ1) is 13.6. The third kappa shape index (κ3) is 4.08. The Kier molecular flexibility index (Phi) is 5.32. The zero-order chi connectivity index (χ0) is 21.3. The van der Waals surface area contributed by atoms with Crippen LogP contribution in [0.4, 0.5) is 18.9 Å². The van der Waals surface area contributed by atoms with E-state index in [1.807, 2.05) is 0 Å². The van der Waals surface area contributed by atoms with Crippen molar-refractivity contribution in [1.29, 1.82) is 0 Å². The van der Waals surface area contributed by atoms with E-state index in [2.05, 4.69) is 22.0 Å². The normalized spacial score (nSPS) is 11.2. The molecule has 0 unspecified atom stereocenters. The van der Waals surface area contributed by atoms with Crippen molar-refractivity contribution >= 4 is 34.1 Å². The second-order valence-electron chi connectivity index (χ2n) is 5.71. The number of nitrogens with one attached hydrogen (secondary N) is 1. The lowest BCUT2D eigenvalue weighted by atomic mass is 10.2. The topological polar surface area (TPSA) is 102 Å². The van der Waals surface area contributed by atoms with Gasteiger partial charge in [0.25, 0.3) is 5.56 Å². The number of hydrogen-bond donors (Lipinski definition) is 2. The van der Waals surface area contributed by atoms with Crippen molar-refractivity contribution in [2.24, 2.45) is 7.05 Å². The number of carbonyl (C=O) groups is 1. The van der Waals surface area contributed by atoms with Gasteiger partial charge in [-0.3, -0.25) is 14.3 Å². The molecule has 8 nitrogen and oxygen atoms in total. The average molecular weight is 426 g/mol. The second-order valence-corrected chi connectivity index (χ2v) is 6.09. The molecule has 0 spiro atoms. The van der Waals surface area contributed by atoms with Gasteiger partial charge in [0.2, 0.25) is 0 Å². The summed E-state index contributed by atoms with van der Waals surface area (Å²) in [6.45, 7) is -0.632. The lowest BCUT2D eigenvalue weighted by Gasteiger charge is -2.13. The van der Waals surface area contributed by atoms with Crippen LogP contribution in [0.25, 0.3) is 16.6 Å². The zero-order valence-corrected chi connectivity index (χ0v) is 15.3. The first-order valence-electron chi connectivity index (χ1n) is 7.86. The van der Waals surface area contributed by atoms with E-state index in [4.69, 9.17) is 16.7 Å². The number of amides is 1. The van der Waals surface area contributed by atoms with Crippen molar-refractivity contribution in [2.45, 2.75) is 6.18 Å². The number of carbonyl (C=O) groups excluding carboxylic acids is 1. The molecule has 0 radical (unpaired) electrons. The van der Waals surface area contributed by atoms with Gasteiger partial charge >= 0.3 is 12.1 Å². The van der Waals surface area contributed by atoms with Crippen LogP contribution in [-0.2, 0) is 11.8 Å². The molecular formula is C17H11ClF3N5O3. The van der Waals surface area contributed by atoms with Crippen LogP contribution in [0.3, 0.4) is 0 Å². The Hall–Kier alpha value is -3.36. The summed E-state index contributed by atoms with van der Waals surface area (Å²) < 4.78 is 40.2. The predicted molar refractivity (Wildman–Crippen MR) is 97.8 cm³/mol. The summed E-state index contributed by atoms with van der Waals surface area (Å²) >= 11 is 5.95. The molecule has 2 N–H and O–H groups in total. The number of aliphatic hydroxyl groups excluding tert-OH is 1. The largest absolute Gasteiger partial charge is 0.471 e. The maximum Gasteiger partial charge on any atom is 0.471 e. The van der Waals surface area contributed by atoms with Crippen molar-refractivity contribution < 1.29 is 23.1 Å². The van der Waals surface area contributed by atoms with Crippen LogP contribution in [0, 0.1) is 11.8 Å². The van der Waals surface area contributed by atoms with Gasteiger partial charge in [0.15, 0.2) is 5.69 Å². The Morgan fingerprint density at radius 1 is 1.34 bits per heavy atom. The fraction of sp³-hybridized carbons (Fsp3) is 0.176. The summed E-state index contributed by atoms with van der Waals surface area (Å²) in [5, 5.41) is 18.5. The molecule has 0 aliphatic carbocycles. The Bertz CT molecular complexity index is 1240. The van der Waals surface area contributed by atoms with Crippen LogP contribution >= 0.6 is 11.6 Å². The number of aliphatic hydroxyl groups is 1. The summed E-state index contributed by atoms with van der Waals surface area (Å²) in [5.41, 5.74) is -1.20. The van der Waals surface area contributed by atoms with Crippen LogP contribution in [0.1, 0.15) is 5.69 Å². The highest BCUT2D eigenvalue weighted by Gasteiger charge is 2.39. The highest BCUT2D eigenvalue weighted by atomic mass is 35.5. The van der Waals surface area contributed by atoms with Crippen molar-refractivity contribution in [2.75, 3.05) is 11.9 Å². The lowest BCUT2D eigenvalue weighted by molar-refractivity contribution is -0.167. The molecule has 3 aromatic rings. The van der Waals surface area contributed by atoms with Crippen LogP contribution in [0.2, 0.25) is 5.02 Å². The van der Waals surface area contributed by atoms with Crippen LogP contribution < -0.4 is 10.9 Å². The summed E-state index contributed by atoms with van der Waals surface area (Å²) in [6.07, 6.45) is -3.53. The Morgan fingerprint density at radius 2 is 2.07 bits per heavy atom. The van der Waals surface area contributed by atoms with Crippen molar-refractivity contribution in [3.63, 3.8) is 0 Å². The van der Waals surface area contributed by atoms with Gasteiger partial charge in [-0.2, -0.15) is 28.1 Å². The van der Waals surface area contributed by atoms with Crippen LogP contribution in [-0.4, -0.2) is 43.4 Å². The molecule has 2 aromatic heterocycles. The van der Waals surface area contributed by atoms with Gasteiger partial charge in [-0.15, -0.1) is 0 Å². The van der Waals surface area contributed by atoms with Crippen molar-refractivity contribution in [1.82, 2.24) is 19.6 Å². The Balaban J connectivity index is 2.19. The van der Waals surface area contributed by atoms with E-state index < -0.39 is 40.7 Å². The molecule has 1 aromatic carbocycles. The molecule has 0 saturated heterocycles. The highest BCUT2D eigenvalue weighted by Crippen LogP contribution is 2.25. The fourth-order valence-electron chi connectivity index (χ4n) is 2.45. The first kappa shape index (κ1) is 20.4. The van der Waals surface area contributed by atoms with Gasteiger partial charge in [-0.25, -0.2) is 0 Å². The average Bonchev–Trinajstić information content (AvgIpc) is 3.03. The molecular weight excluding hydrogens is 415 g/mol. The monoisotopic (exact) mass is 425 g/mol. The van der Waals surface area contributed by atoms with Gasteiger partial charge < -0.3 is 10.4 Å². The SMILES string of the molecule is Cn1cc2cc(-n3nc(C#CCO)c(NC(=O)C(F)(F)F)c(Cl)c3=O)ccc2n1. The number of anilines is 1. The Labute approximate surface area is 165 Å². The molecule has 0 aliphatic rings. The van der Waals surface area contributed by atoms with E-state index in [1.165, 1.54) is 11.4 Å². The summed E-state index contributed by atoms with van der Waals surface area (Å²) in [6, 6.07) is 4.70. The maximum atomic E-state index is 12.6. The number of fused-ring (bicyclic) bond motifs is 1. The number of alkyl halides is 3. The molecule has 3 rings (SSSR count). The smallest absolute Gasteiger partial charge is 0.384 e. The molecule has 1 amide bonds. The highest BCUT2D eigenvalue weighted by molar-refractivity contribution is 6.33. The quantitative estimate of drug-likeness (QED) is 0.607. The van der Waals surface area contributed by atoms with E-state index in [1.54, 1.807) is 30.1 Å². The van der Waals surface area contributed by atoms with E-state index in [0.29, 0.717) is 10.9 Å². The number of hydrogen-bond acceptors (Lipinski definition) is 5. The number of aromatic nitrogens is 4. The van der Waals surface area contributed by atoms with Gasteiger partial charge in [0.1, 0.15) is 17.3 Å². The molecule has 0 aliphatic heterocycles. The molecule has 0 fully saturated rings. The van der Waals surface area contributed by atoms with E-state index in [0.717, 1.165) is 4.68 Å². The van der Waals surface area contributed by atoms with Gasteiger partial charge in [-0.1, -0.05) is 17.5 Å². The van der Waals surface area contributed by atoms with Gasteiger partial charge in [0, 0.05) is 18.6 Å². The molecule has 0 atom stereocenters. The second kappa shape index (κ2) is 7.57. The number of nitrogens with zero attached hydrogens (tertiary/aromatic N) is 4. The minimum absolute atomic E-state index is 0.248. The third-order valence-electron chi connectivity index (χ3n) is 3.67. The summed E-state index contributed by atoms with van der Waals surface area (Å²) in [4.78, 5) is 23.9. The van der Waals surface area contributed by atoms with Gasteiger partial charge in [-0.05, 0) is 24.1 Å². The minimum Gasteiger partial charge on any atom is -0.384 e. The van der Waals surface area contributed by atoms with E-state index >= 15 is 0 Å². The molecule has 12 heteroatoms. The molecule has 150 valence electrons.